The molecule has 0 saturated carbocycles. The molecule has 3 heterocycles. The number of ether oxygens (including phenoxy) is 2. The van der Waals surface area contributed by atoms with Gasteiger partial charge in [0.2, 0.25) is 16.0 Å². The molecule has 2 aliphatic rings. The number of hydrogen-bond acceptors (Lipinski definition) is 10. The summed E-state index contributed by atoms with van der Waals surface area (Å²) in [5.41, 5.74) is 2.21. The summed E-state index contributed by atoms with van der Waals surface area (Å²) in [6.45, 7) is 8.67. The number of hydrogen-bond donors (Lipinski definition) is 2. The second-order valence-electron chi connectivity index (χ2n) is 12.0. The van der Waals surface area contributed by atoms with Crippen LogP contribution in [0.5, 0.6) is 5.75 Å². The van der Waals surface area contributed by atoms with E-state index in [0.717, 1.165) is 25.0 Å². The number of anilines is 6. The molecule has 1 amide bonds. The van der Waals surface area contributed by atoms with Gasteiger partial charge in [0.1, 0.15) is 16.4 Å². The summed E-state index contributed by atoms with van der Waals surface area (Å²) in [6.07, 6.45) is 2.33. The Morgan fingerprint density at radius 3 is 2.42 bits per heavy atom. The quantitative estimate of drug-likeness (QED) is 0.348. The molecule has 43 heavy (non-hydrogen) atoms. The molecule has 1 aromatic heterocycles. The molecule has 2 saturated heterocycles. The van der Waals surface area contributed by atoms with E-state index in [-0.39, 0.29) is 22.5 Å². The molecule has 2 fully saturated rings. The van der Waals surface area contributed by atoms with Gasteiger partial charge < -0.3 is 29.9 Å². The van der Waals surface area contributed by atoms with Crippen molar-refractivity contribution in [2.24, 2.45) is 5.41 Å². The summed E-state index contributed by atoms with van der Waals surface area (Å²) in [4.78, 5) is 25.2. The minimum atomic E-state index is -3.48. The van der Waals surface area contributed by atoms with Crippen molar-refractivity contribution in [1.82, 2.24) is 14.9 Å². The molecule has 0 atom stereocenters. The monoisotopic (exact) mass is 629 g/mol. The molecule has 0 radical (unpaired) electrons. The van der Waals surface area contributed by atoms with E-state index < -0.39 is 15.6 Å². The van der Waals surface area contributed by atoms with Crippen LogP contribution in [0.1, 0.15) is 20.8 Å². The van der Waals surface area contributed by atoms with Crippen LogP contribution < -0.4 is 24.6 Å². The number of aromatic nitrogens is 2. The molecule has 2 aromatic carbocycles. The third-order valence-corrected chi connectivity index (χ3v) is 8.76. The number of sulfonamides is 1. The first kappa shape index (κ1) is 30.5. The largest absolute Gasteiger partial charge is 0.494 e. The number of carbonyl (C=O) groups is 1. The topological polar surface area (TPSA) is 129 Å². The maximum atomic E-state index is 12.3. The number of nitrogens with one attached hydrogen (secondary N) is 2. The molecule has 0 aliphatic carbocycles. The van der Waals surface area contributed by atoms with Crippen LogP contribution in [-0.4, -0.2) is 81.6 Å². The van der Waals surface area contributed by atoms with E-state index in [1.165, 1.54) is 17.5 Å². The first-order valence-electron chi connectivity index (χ1n) is 13.7. The lowest BCUT2D eigenvalue weighted by Gasteiger charge is -2.60. The number of amides is 1. The van der Waals surface area contributed by atoms with Crippen molar-refractivity contribution in [1.29, 1.82) is 0 Å². The molecule has 12 nitrogen and oxygen atoms in total. The molecule has 3 aromatic rings. The van der Waals surface area contributed by atoms with Gasteiger partial charge >= 0.3 is 6.09 Å². The second kappa shape index (κ2) is 11.3. The van der Waals surface area contributed by atoms with Crippen LogP contribution >= 0.6 is 11.6 Å². The highest BCUT2D eigenvalue weighted by Gasteiger charge is 2.54. The van der Waals surface area contributed by atoms with Crippen LogP contribution in [0.3, 0.4) is 0 Å². The fourth-order valence-electron chi connectivity index (χ4n) is 5.14. The summed E-state index contributed by atoms with van der Waals surface area (Å²) in [5, 5.41) is 6.58. The fraction of sp³-hybridized carbons (Fsp3) is 0.414. The van der Waals surface area contributed by atoms with Crippen molar-refractivity contribution < 1.29 is 22.7 Å². The Balaban J connectivity index is 1.25. The Bertz CT molecular complexity index is 1630. The van der Waals surface area contributed by atoms with Crippen molar-refractivity contribution in [3.63, 3.8) is 0 Å². The van der Waals surface area contributed by atoms with Gasteiger partial charge in [-0.15, -0.1) is 0 Å². The van der Waals surface area contributed by atoms with Gasteiger partial charge in [0, 0.05) is 50.4 Å². The average molecular weight is 630 g/mol. The molecular formula is C29H36ClN7O5S. The Morgan fingerprint density at radius 1 is 1.07 bits per heavy atom. The zero-order valence-corrected chi connectivity index (χ0v) is 26.6. The van der Waals surface area contributed by atoms with Crippen molar-refractivity contribution in [2.45, 2.75) is 26.4 Å². The Morgan fingerprint density at radius 2 is 1.77 bits per heavy atom. The van der Waals surface area contributed by atoms with Crippen LogP contribution in [0.15, 0.2) is 48.7 Å². The number of rotatable bonds is 8. The van der Waals surface area contributed by atoms with Crippen molar-refractivity contribution in [3.05, 3.63) is 53.7 Å². The predicted molar refractivity (Wildman–Crippen MR) is 169 cm³/mol. The van der Waals surface area contributed by atoms with E-state index >= 15 is 0 Å². The smallest absolute Gasteiger partial charge is 0.410 e. The van der Waals surface area contributed by atoms with Crippen LogP contribution in [0.2, 0.25) is 5.02 Å². The molecule has 2 N–H and O–H groups in total. The first-order chi connectivity index (χ1) is 20.2. The highest BCUT2D eigenvalue weighted by atomic mass is 35.5. The molecule has 14 heteroatoms. The number of methoxy groups -OCH3 is 1. The zero-order valence-electron chi connectivity index (χ0n) is 25.0. The molecule has 5 rings (SSSR count). The lowest BCUT2D eigenvalue weighted by Crippen LogP contribution is -2.73. The van der Waals surface area contributed by atoms with E-state index in [1.54, 1.807) is 36.3 Å². The number of carbonyl (C=O) groups excluding carboxylic acids is 1. The molecule has 230 valence electrons. The zero-order chi connectivity index (χ0) is 31.2. The van der Waals surface area contributed by atoms with Gasteiger partial charge in [0.15, 0.2) is 5.82 Å². The lowest BCUT2D eigenvalue weighted by molar-refractivity contribution is -0.0453. The number of nitrogens with zero attached hydrogens (tertiary/aromatic N) is 5. The minimum absolute atomic E-state index is 0.0936. The fourth-order valence-corrected chi connectivity index (χ4v) is 5.80. The molecule has 0 bridgehead atoms. The number of likely N-dealkylation sites (tertiary alicyclic amines) is 1. The highest BCUT2D eigenvalue weighted by Crippen LogP contribution is 2.44. The van der Waals surface area contributed by atoms with E-state index in [0.29, 0.717) is 41.7 Å². The van der Waals surface area contributed by atoms with Crippen molar-refractivity contribution >= 4 is 62.2 Å². The van der Waals surface area contributed by atoms with E-state index in [2.05, 4.69) is 25.5 Å². The third-order valence-electron chi connectivity index (χ3n) is 7.29. The Labute approximate surface area is 257 Å². The highest BCUT2D eigenvalue weighted by molar-refractivity contribution is 7.92. The normalized spacial score (nSPS) is 15.8. The van der Waals surface area contributed by atoms with Crippen LogP contribution in [0, 0.1) is 5.41 Å². The van der Waals surface area contributed by atoms with Crippen LogP contribution in [-0.2, 0) is 14.8 Å². The molecule has 0 unspecified atom stereocenters. The summed E-state index contributed by atoms with van der Waals surface area (Å²) in [7, 11) is -0.412. The molecule has 1 spiro atoms. The second-order valence-corrected chi connectivity index (χ2v) is 14.4. The van der Waals surface area contributed by atoms with E-state index in [1.807, 2.05) is 39.0 Å². The molecular weight excluding hydrogens is 594 g/mol. The summed E-state index contributed by atoms with van der Waals surface area (Å²) in [5.74, 6) is 1.18. The number of halogens is 1. The SMILES string of the molecule is COc1cc(N2CC3(CN(C(=O)OC(C)(C)C)C3)C2)ccc1Nc1ncc(Cl)c(Nc2ccccc2N(C)S(C)(=O)=O)n1. The van der Waals surface area contributed by atoms with Gasteiger partial charge in [-0.3, -0.25) is 4.31 Å². The van der Waals surface area contributed by atoms with Crippen LogP contribution in [0.25, 0.3) is 0 Å². The van der Waals surface area contributed by atoms with Crippen LogP contribution in [0.4, 0.5) is 39.3 Å². The molecule has 2 aliphatic heterocycles. The Hall–Kier alpha value is -3.97. The van der Waals surface area contributed by atoms with Crippen molar-refractivity contribution in [3.8, 4) is 5.75 Å². The number of para-hydroxylation sites is 2. The maximum Gasteiger partial charge on any atom is 0.410 e. The van der Waals surface area contributed by atoms with E-state index in [9.17, 15) is 13.2 Å². The van der Waals surface area contributed by atoms with Gasteiger partial charge in [-0.2, -0.15) is 4.98 Å². The lowest BCUT2D eigenvalue weighted by atomic mass is 9.73. The maximum absolute atomic E-state index is 12.3. The average Bonchev–Trinajstić information content (AvgIpc) is 2.88. The minimum Gasteiger partial charge on any atom is -0.494 e. The summed E-state index contributed by atoms with van der Waals surface area (Å²) in [6, 6.07) is 12.8. The summed E-state index contributed by atoms with van der Waals surface area (Å²) < 4.78 is 36.6. The van der Waals surface area contributed by atoms with Gasteiger partial charge in [-0.1, -0.05) is 23.7 Å². The predicted octanol–water partition coefficient (Wildman–Crippen LogP) is 5.08. The Kier molecular flexibility index (Phi) is 7.99. The van der Waals surface area contributed by atoms with E-state index in [4.69, 9.17) is 21.1 Å². The van der Waals surface area contributed by atoms with Gasteiger partial charge in [-0.25, -0.2) is 18.2 Å². The van der Waals surface area contributed by atoms with Gasteiger partial charge in [0.25, 0.3) is 0 Å². The third kappa shape index (κ3) is 6.67. The first-order valence-corrected chi connectivity index (χ1v) is 15.9. The van der Waals surface area contributed by atoms with Gasteiger partial charge in [-0.05, 0) is 45.0 Å². The summed E-state index contributed by atoms with van der Waals surface area (Å²) >= 11 is 6.40. The van der Waals surface area contributed by atoms with Gasteiger partial charge in [0.05, 0.1) is 36.6 Å². The number of benzene rings is 2. The standard InChI is InChI=1S/C29H36ClN7O5S/c1-28(2,3)42-27(38)37-17-29(18-37)15-36(16-29)19-11-12-22(24(13-19)41-5)33-26-31-14-20(30)25(34-26)32-21-9-7-8-10-23(21)35(4)43(6,39)40/h7-14H,15-18H2,1-6H3,(H2,31,32,33,34). The van der Waals surface area contributed by atoms with Crippen molar-refractivity contribution in [2.75, 3.05) is 66.4 Å².